The van der Waals surface area contributed by atoms with Crippen molar-refractivity contribution in [1.82, 2.24) is 24.7 Å². The first-order chi connectivity index (χ1) is 16.6. The summed E-state index contributed by atoms with van der Waals surface area (Å²) in [6.07, 6.45) is 6.43. The fraction of sp³-hybridized carbons (Fsp3) is 0.417. The fourth-order valence-corrected chi connectivity index (χ4v) is 5.00. The number of sulfonamides is 1. The zero-order valence-electron chi connectivity index (χ0n) is 20.3. The average Bonchev–Trinajstić information content (AvgIpc) is 3.18. The van der Waals surface area contributed by atoms with E-state index >= 15 is 4.39 Å². The molecule has 2 unspecified atom stereocenters. The molecule has 0 amide bonds. The second-order valence-electron chi connectivity index (χ2n) is 9.01. The SMILES string of the molecule is Cc1cnc(C(OC(C)C)C(C)S(=O)(=O)Nc2nnc3n2-c2c(F)cccc2C=CC[C@@H]3C)nc1. The fourth-order valence-electron chi connectivity index (χ4n) is 3.92. The van der Waals surface area contributed by atoms with Gasteiger partial charge in [-0.05, 0) is 45.7 Å². The Morgan fingerprint density at radius 1 is 1.17 bits per heavy atom. The normalized spacial score (nSPS) is 17.3. The molecule has 0 bridgehead atoms. The average molecular weight is 501 g/mol. The molecule has 186 valence electrons. The molecule has 1 N–H and O–H groups in total. The summed E-state index contributed by atoms with van der Waals surface area (Å²) in [5.74, 6) is 0.00953. The van der Waals surface area contributed by atoms with Gasteiger partial charge in [0.2, 0.25) is 16.0 Å². The Morgan fingerprint density at radius 2 is 1.89 bits per heavy atom. The van der Waals surface area contributed by atoms with Gasteiger partial charge in [-0.2, -0.15) is 0 Å². The van der Waals surface area contributed by atoms with E-state index in [9.17, 15) is 8.42 Å². The van der Waals surface area contributed by atoms with E-state index in [0.29, 0.717) is 17.8 Å². The maximum absolute atomic E-state index is 15.0. The number of aryl methyl sites for hydroxylation is 1. The molecule has 2 aromatic heterocycles. The molecule has 1 aliphatic heterocycles. The van der Waals surface area contributed by atoms with Gasteiger partial charge in [-0.15, -0.1) is 10.2 Å². The van der Waals surface area contributed by atoms with Crippen LogP contribution in [-0.2, 0) is 14.8 Å². The number of anilines is 1. The van der Waals surface area contributed by atoms with E-state index in [1.54, 1.807) is 24.5 Å². The molecule has 0 saturated heterocycles. The molecule has 4 rings (SSSR count). The summed E-state index contributed by atoms with van der Waals surface area (Å²) in [6, 6.07) is 4.69. The van der Waals surface area contributed by atoms with E-state index in [0.717, 1.165) is 5.56 Å². The Morgan fingerprint density at radius 3 is 2.57 bits per heavy atom. The highest BCUT2D eigenvalue weighted by atomic mass is 32.2. The summed E-state index contributed by atoms with van der Waals surface area (Å²) in [5.41, 5.74) is 1.63. The Labute approximate surface area is 204 Å². The minimum atomic E-state index is -4.09. The van der Waals surface area contributed by atoms with Crippen molar-refractivity contribution in [2.75, 3.05) is 4.72 Å². The second kappa shape index (κ2) is 9.82. The summed E-state index contributed by atoms with van der Waals surface area (Å²) >= 11 is 0. The standard InChI is InChI=1S/C24H29FN6O3S/c1-14(2)34-21(22-26-12-15(3)13-27-22)17(5)35(32,33)30-24-29-28-23-16(4)8-6-9-18-10-7-11-19(25)20(18)31(23)24/h6-7,9-14,16-17,21H,8H2,1-5H3,(H,29,30)/t16-,17?,21?/m0/s1. The Hall–Kier alpha value is -3.18. The molecule has 3 aromatic rings. The first kappa shape index (κ1) is 24.9. The molecule has 3 atom stereocenters. The van der Waals surface area contributed by atoms with Gasteiger partial charge in [-0.1, -0.05) is 31.2 Å². The molecule has 0 saturated carbocycles. The molecule has 0 aliphatic carbocycles. The predicted molar refractivity (Wildman–Crippen MR) is 131 cm³/mol. The molecular formula is C24H29FN6O3S. The van der Waals surface area contributed by atoms with Crippen molar-refractivity contribution in [2.45, 2.75) is 64.4 Å². The molecule has 0 radical (unpaired) electrons. The molecule has 0 spiro atoms. The highest BCUT2D eigenvalue weighted by molar-refractivity contribution is 7.93. The first-order valence-electron chi connectivity index (χ1n) is 11.4. The second-order valence-corrected chi connectivity index (χ2v) is 11.0. The number of allylic oxidation sites excluding steroid dienone is 1. The zero-order valence-corrected chi connectivity index (χ0v) is 21.1. The van der Waals surface area contributed by atoms with E-state index in [1.165, 1.54) is 17.6 Å². The number of nitrogens with zero attached hydrogens (tertiary/aromatic N) is 5. The van der Waals surface area contributed by atoms with Crippen molar-refractivity contribution >= 4 is 22.0 Å². The molecule has 35 heavy (non-hydrogen) atoms. The zero-order chi connectivity index (χ0) is 25.3. The molecule has 0 fully saturated rings. The van der Waals surface area contributed by atoms with Crippen molar-refractivity contribution in [3.05, 3.63) is 65.3 Å². The number of aromatic nitrogens is 5. The van der Waals surface area contributed by atoms with Crippen molar-refractivity contribution in [2.24, 2.45) is 0 Å². The van der Waals surface area contributed by atoms with E-state index in [4.69, 9.17) is 4.74 Å². The van der Waals surface area contributed by atoms with E-state index in [1.807, 2.05) is 39.8 Å². The van der Waals surface area contributed by atoms with Gasteiger partial charge in [0.15, 0.2) is 5.82 Å². The maximum atomic E-state index is 15.0. The third kappa shape index (κ3) is 5.10. The molecule has 1 aliphatic rings. The topological polar surface area (TPSA) is 112 Å². The molecular weight excluding hydrogens is 471 g/mol. The number of fused-ring (bicyclic) bond motifs is 3. The number of para-hydroxylation sites is 1. The summed E-state index contributed by atoms with van der Waals surface area (Å²) < 4.78 is 52.0. The van der Waals surface area contributed by atoms with Crippen LogP contribution >= 0.6 is 0 Å². The number of hydrogen-bond donors (Lipinski definition) is 1. The summed E-state index contributed by atoms with van der Waals surface area (Å²) in [4.78, 5) is 8.58. The first-order valence-corrected chi connectivity index (χ1v) is 13.0. The van der Waals surface area contributed by atoms with Crippen molar-refractivity contribution in [3.8, 4) is 5.69 Å². The smallest absolute Gasteiger partial charge is 0.243 e. The number of ether oxygens (including phenoxy) is 1. The van der Waals surface area contributed by atoms with Gasteiger partial charge >= 0.3 is 0 Å². The van der Waals surface area contributed by atoms with Gasteiger partial charge < -0.3 is 4.74 Å². The van der Waals surface area contributed by atoms with E-state index in [2.05, 4.69) is 24.9 Å². The quantitative estimate of drug-likeness (QED) is 0.514. The van der Waals surface area contributed by atoms with Crippen LogP contribution in [0.5, 0.6) is 0 Å². The van der Waals surface area contributed by atoms with Gasteiger partial charge in [0.25, 0.3) is 0 Å². The number of rotatable bonds is 7. The van der Waals surface area contributed by atoms with Crippen LogP contribution < -0.4 is 4.72 Å². The van der Waals surface area contributed by atoms with Crippen LogP contribution in [0.15, 0.2) is 36.7 Å². The minimum Gasteiger partial charge on any atom is -0.366 e. The van der Waals surface area contributed by atoms with Crippen molar-refractivity contribution < 1.29 is 17.5 Å². The largest absolute Gasteiger partial charge is 0.366 e. The lowest BCUT2D eigenvalue weighted by Crippen LogP contribution is -2.35. The maximum Gasteiger partial charge on any atom is 0.243 e. The number of halogens is 1. The number of nitrogens with one attached hydrogen (secondary N) is 1. The van der Waals surface area contributed by atoms with Crippen molar-refractivity contribution in [3.63, 3.8) is 0 Å². The van der Waals surface area contributed by atoms with Crippen LogP contribution in [0.2, 0.25) is 0 Å². The summed E-state index contributed by atoms with van der Waals surface area (Å²) in [7, 11) is -4.09. The van der Waals surface area contributed by atoms with Crippen LogP contribution in [0, 0.1) is 12.7 Å². The van der Waals surface area contributed by atoms with Crippen molar-refractivity contribution in [1.29, 1.82) is 0 Å². The Bertz CT molecular complexity index is 1340. The number of hydrogen-bond acceptors (Lipinski definition) is 7. The lowest BCUT2D eigenvalue weighted by Gasteiger charge is -2.26. The van der Waals surface area contributed by atoms with Crippen LogP contribution in [-0.4, -0.2) is 44.5 Å². The van der Waals surface area contributed by atoms with Gasteiger partial charge in [0, 0.05) is 23.9 Å². The highest BCUT2D eigenvalue weighted by Gasteiger charge is 2.36. The third-order valence-electron chi connectivity index (χ3n) is 5.78. The summed E-state index contributed by atoms with van der Waals surface area (Å²) in [5, 5.41) is 7.22. The summed E-state index contributed by atoms with van der Waals surface area (Å²) in [6.45, 7) is 8.91. The Kier molecular flexibility index (Phi) is 7.00. The van der Waals surface area contributed by atoms with Gasteiger partial charge in [-0.3, -0.25) is 9.29 Å². The van der Waals surface area contributed by atoms with E-state index < -0.39 is 27.2 Å². The van der Waals surface area contributed by atoms with Crippen LogP contribution in [0.1, 0.15) is 68.9 Å². The Balaban J connectivity index is 1.75. The third-order valence-corrected chi connectivity index (χ3v) is 7.47. The van der Waals surface area contributed by atoms with E-state index in [-0.39, 0.29) is 29.5 Å². The van der Waals surface area contributed by atoms with Gasteiger partial charge in [0.05, 0.1) is 11.8 Å². The molecule has 11 heteroatoms. The molecule has 1 aromatic carbocycles. The lowest BCUT2D eigenvalue weighted by atomic mass is 10.0. The van der Waals surface area contributed by atoms with Gasteiger partial charge in [0.1, 0.15) is 23.0 Å². The highest BCUT2D eigenvalue weighted by Crippen LogP contribution is 2.33. The van der Waals surface area contributed by atoms with Crippen LogP contribution in [0.3, 0.4) is 0 Å². The molecule has 9 nitrogen and oxygen atoms in total. The van der Waals surface area contributed by atoms with Crippen LogP contribution in [0.25, 0.3) is 11.8 Å². The monoisotopic (exact) mass is 500 g/mol. The van der Waals surface area contributed by atoms with Crippen LogP contribution in [0.4, 0.5) is 10.3 Å². The van der Waals surface area contributed by atoms with Gasteiger partial charge in [-0.25, -0.2) is 22.8 Å². The molecule has 3 heterocycles. The predicted octanol–water partition coefficient (Wildman–Crippen LogP) is 4.32. The minimum absolute atomic E-state index is 0.0894. The number of benzene rings is 1. The lowest BCUT2D eigenvalue weighted by molar-refractivity contribution is 0.00152.